The number of nitrogens with one attached hydrogen (secondary N) is 2. The number of hydrogen-bond acceptors (Lipinski definition) is 5. The number of aryl methyl sites for hydroxylation is 1. The Hall–Kier alpha value is -1.10. The number of aliphatic imine (C=N–C) groups is 1. The number of piperazine rings is 1. The van der Waals surface area contributed by atoms with Gasteiger partial charge in [0.2, 0.25) is 0 Å². The van der Waals surface area contributed by atoms with Gasteiger partial charge in [-0.25, -0.2) is 4.99 Å². The van der Waals surface area contributed by atoms with Crippen molar-refractivity contribution in [3.05, 3.63) is 29.3 Å². The second-order valence-electron chi connectivity index (χ2n) is 8.95. The molecule has 2 N–H and O–H groups in total. The highest BCUT2D eigenvalue weighted by Gasteiger charge is 2.20. The van der Waals surface area contributed by atoms with Crippen LogP contribution in [0.4, 0.5) is 0 Å². The first-order valence-corrected chi connectivity index (χ1v) is 12.4. The van der Waals surface area contributed by atoms with Gasteiger partial charge in [-0.2, -0.15) is 0 Å². The van der Waals surface area contributed by atoms with E-state index in [9.17, 15) is 0 Å². The lowest BCUT2D eigenvalue weighted by Crippen LogP contribution is -2.53. The summed E-state index contributed by atoms with van der Waals surface area (Å²) in [5, 5.41) is 6.93. The number of hydrogen-bond donors (Lipinski definition) is 2. The molecular formula is C25H44IN5O2. The van der Waals surface area contributed by atoms with Crippen molar-refractivity contribution in [2.75, 3.05) is 59.0 Å². The largest absolute Gasteiger partial charge is 0.491 e. The summed E-state index contributed by atoms with van der Waals surface area (Å²) in [6.07, 6.45) is 2.43. The Bertz CT molecular complexity index is 719. The Labute approximate surface area is 217 Å². The zero-order chi connectivity index (χ0) is 22.8. The Balaban J connectivity index is 0.00000385. The van der Waals surface area contributed by atoms with Crippen LogP contribution in [0, 0.1) is 6.92 Å². The van der Waals surface area contributed by atoms with Gasteiger partial charge in [-0.05, 0) is 51.8 Å². The summed E-state index contributed by atoms with van der Waals surface area (Å²) in [5.74, 6) is 1.78. The molecule has 0 bridgehead atoms. The van der Waals surface area contributed by atoms with Crippen LogP contribution < -0.4 is 15.4 Å². The molecule has 2 unspecified atom stereocenters. The van der Waals surface area contributed by atoms with Crippen molar-refractivity contribution >= 4 is 29.9 Å². The highest BCUT2D eigenvalue weighted by atomic mass is 127. The number of nitrogens with zero attached hydrogens (tertiary/aromatic N) is 3. The molecule has 188 valence electrons. The quantitative estimate of drug-likeness (QED) is 0.255. The van der Waals surface area contributed by atoms with E-state index in [-0.39, 0.29) is 30.1 Å². The number of ether oxygens (including phenoxy) is 2. The highest BCUT2D eigenvalue weighted by molar-refractivity contribution is 14.0. The van der Waals surface area contributed by atoms with Gasteiger partial charge >= 0.3 is 0 Å². The third-order valence-electron chi connectivity index (χ3n) is 6.47. The summed E-state index contributed by atoms with van der Waals surface area (Å²) < 4.78 is 11.9. The summed E-state index contributed by atoms with van der Waals surface area (Å²) in [6.45, 7) is 18.3. The molecule has 2 heterocycles. The highest BCUT2D eigenvalue weighted by Crippen LogP contribution is 2.23. The van der Waals surface area contributed by atoms with E-state index < -0.39 is 0 Å². The van der Waals surface area contributed by atoms with Gasteiger partial charge in [-0.1, -0.05) is 19.1 Å². The average molecular weight is 574 g/mol. The van der Waals surface area contributed by atoms with E-state index in [1.54, 1.807) is 0 Å². The van der Waals surface area contributed by atoms with Gasteiger partial charge in [0.05, 0.1) is 12.6 Å². The molecule has 0 spiro atoms. The van der Waals surface area contributed by atoms with Gasteiger partial charge < -0.3 is 25.0 Å². The first-order chi connectivity index (χ1) is 15.6. The van der Waals surface area contributed by atoms with E-state index in [4.69, 9.17) is 14.5 Å². The molecule has 1 aromatic carbocycles. The number of benzene rings is 1. The molecule has 1 aromatic rings. The summed E-state index contributed by atoms with van der Waals surface area (Å²) in [4.78, 5) is 9.94. The van der Waals surface area contributed by atoms with Gasteiger partial charge in [-0.15, -0.1) is 24.0 Å². The van der Waals surface area contributed by atoms with Gasteiger partial charge in [0, 0.05) is 57.5 Å². The van der Waals surface area contributed by atoms with E-state index in [0.29, 0.717) is 19.2 Å². The molecule has 2 aliphatic rings. The SMILES string of the molecule is CCNC(=NCc1ccc(C)cc1OCC1CCCO1)NCC(C)N1CCN(CC)CC1.I. The van der Waals surface area contributed by atoms with Crippen LogP contribution in [0.5, 0.6) is 5.75 Å². The zero-order valence-electron chi connectivity index (χ0n) is 20.9. The molecule has 2 aliphatic heterocycles. The summed E-state index contributed by atoms with van der Waals surface area (Å²) >= 11 is 0. The Kier molecular flexibility index (Phi) is 12.8. The molecule has 3 rings (SSSR count). The molecule has 7 nitrogen and oxygen atoms in total. The van der Waals surface area contributed by atoms with E-state index in [1.807, 2.05) is 0 Å². The van der Waals surface area contributed by atoms with Crippen molar-refractivity contribution < 1.29 is 9.47 Å². The number of rotatable bonds is 10. The zero-order valence-corrected chi connectivity index (χ0v) is 23.3. The van der Waals surface area contributed by atoms with E-state index in [0.717, 1.165) is 82.5 Å². The van der Waals surface area contributed by atoms with Crippen LogP contribution in [0.3, 0.4) is 0 Å². The maximum atomic E-state index is 6.14. The topological polar surface area (TPSA) is 61.4 Å². The maximum absolute atomic E-state index is 6.14. The van der Waals surface area contributed by atoms with Crippen LogP contribution in [0.15, 0.2) is 23.2 Å². The Morgan fingerprint density at radius 2 is 2.00 bits per heavy atom. The van der Waals surface area contributed by atoms with Crippen LogP contribution >= 0.6 is 24.0 Å². The fourth-order valence-electron chi connectivity index (χ4n) is 4.29. The molecule has 8 heteroatoms. The first-order valence-electron chi connectivity index (χ1n) is 12.4. The lowest BCUT2D eigenvalue weighted by atomic mass is 10.1. The average Bonchev–Trinajstić information content (AvgIpc) is 3.34. The minimum absolute atomic E-state index is 0. The third kappa shape index (κ3) is 9.22. The molecule has 0 saturated carbocycles. The minimum atomic E-state index is 0. The van der Waals surface area contributed by atoms with Crippen LogP contribution in [0.1, 0.15) is 44.7 Å². The smallest absolute Gasteiger partial charge is 0.191 e. The summed E-state index contributed by atoms with van der Waals surface area (Å²) in [7, 11) is 0. The molecule has 0 aromatic heterocycles. The Morgan fingerprint density at radius 1 is 1.21 bits per heavy atom. The second kappa shape index (κ2) is 15.0. The fraction of sp³-hybridized carbons (Fsp3) is 0.720. The molecule has 33 heavy (non-hydrogen) atoms. The maximum Gasteiger partial charge on any atom is 0.191 e. The van der Waals surface area contributed by atoms with Crippen molar-refractivity contribution in [1.82, 2.24) is 20.4 Å². The van der Waals surface area contributed by atoms with E-state index in [2.05, 4.69) is 66.3 Å². The lowest BCUT2D eigenvalue weighted by Gasteiger charge is -2.37. The van der Waals surface area contributed by atoms with Crippen LogP contribution in [-0.2, 0) is 11.3 Å². The second-order valence-corrected chi connectivity index (χ2v) is 8.95. The van der Waals surface area contributed by atoms with Crippen LogP contribution in [0.2, 0.25) is 0 Å². The molecule has 0 aliphatic carbocycles. The predicted molar refractivity (Wildman–Crippen MR) is 147 cm³/mol. The van der Waals surface area contributed by atoms with E-state index >= 15 is 0 Å². The number of likely N-dealkylation sites (N-methyl/N-ethyl adjacent to an activating group) is 1. The lowest BCUT2D eigenvalue weighted by molar-refractivity contribution is 0.0676. The molecule has 2 fully saturated rings. The fourth-order valence-corrected chi connectivity index (χ4v) is 4.29. The monoisotopic (exact) mass is 573 g/mol. The standard InChI is InChI=1S/C25H43N5O2.HI/c1-5-26-25(27-17-21(4)30-13-11-29(6-2)12-14-30)28-18-22-10-9-20(3)16-24(22)32-19-23-8-7-15-31-23;/h9-10,16,21,23H,5-8,11-15,17-19H2,1-4H3,(H2,26,27,28);1H. The molecule has 0 amide bonds. The Morgan fingerprint density at radius 3 is 2.67 bits per heavy atom. The van der Waals surface area contributed by atoms with E-state index in [1.165, 1.54) is 5.56 Å². The van der Waals surface area contributed by atoms with Crippen molar-refractivity contribution in [3.8, 4) is 5.75 Å². The minimum Gasteiger partial charge on any atom is -0.491 e. The summed E-state index contributed by atoms with van der Waals surface area (Å²) in [5.41, 5.74) is 2.30. The predicted octanol–water partition coefficient (Wildman–Crippen LogP) is 3.25. The van der Waals surface area contributed by atoms with Crippen molar-refractivity contribution in [1.29, 1.82) is 0 Å². The van der Waals surface area contributed by atoms with Crippen molar-refractivity contribution in [2.45, 2.75) is 59.2 Å². The third-order valence-corrected chi connectivity index (χ3v) is 6.47. The first kappa shape index (κ1) is 28.1. The normalized spacial score (nSPS) is 20.8. The van der Waals surface area contributed by atoms with Gasteiger partial charge in [0.15, 0.2) is 5.96 Å². The van der Waals surface area contributed by atoms with Gasteiger partial charge in [0.25, 0.3) is 0 Å². The number of guanidine groups is 1. The van der Waals surface area contributed by atoms with Gasteiger partial charge in [0.1, 0.15) is 12.4 Å². The molecule has 2 atom stereocenters. The molecule has 0 radical (unpaired) electrons. The van der Waals surface area contributed by atoms with Gasteiger partial charge in [-0.3, -0.25) is 4.90 Å². The van der Waals surface area contributed by atoms with Crippen molar-refractivity contribution in [3.63, 3.8) is 0 Å². The summed E-state index contributed by atoms with van der Waals surface area (Å²) in [6, 6.07) is 6.84. The van der Waals surface area contributed by atoms with Crippen molar-refractivity contribution in [2.24, 2.45) is 4.99 Å². The van der Waals surface area contributed by atoms with Crippen LogP contribution in [-0.4, -0.2) is 86.9 Å². The van der Waals surface area contributed by atoms with Crippen LogP contribution in [0.25, 0.3) is 0 Å². The molecule has 2 saturated heterocycles. The molecular weight excluding hydrogens is 529 g/mol. The number of halogens is 1.